The Bertz CT molecular complexity index is 858. The third kappa shape index (κ3) is 5.79. The number of nitrogens with zero attached hydrogens (tertiary/aromatic N) is 1. The van der Waals surface area contributed by atoms with E-state index in [1.54, 1.807) is 19.1 Å². The minimum Gasteiger partial charge on any atom is -0.462 e. The predicted octanol–water partition coefficient (Wildman–Crippen LogP) is 4.29. The van der Waals surface area contributed by atoms with Crippen LogP contribution in [-0.4, -0.2) is 55.2 Å². The van der Waals surface area contributed by atoms with Gasteiger partial charge in [-0.25, -0.2) is 4.79 Å². The molecule has 0 bridgehead atoms. The highest BCUT2D eigenvalue weighted by atomic mass is 35.5. The van der Waals surface area contributed by atoms with Crippen molar-refractivity contribution in [3.63, 3.8) is 0 Å². The van der Waals surface area contributed by atoms with E-state index in [0.29, 0.717) is 28.7 Å². The second-order valence-corrected chi connectivity index (χ2v) is 8.57. The van der Waals surface area contributed by atoms with Crippen molar-refractivity contribution < 1.29 is 19.1 Å². The number of hydrogen-bond donors (Lipinski definition) is 1. The summed E-state index contributed by atoms with van der Waals surface area (Å²) in [6.07, 6.45) is 0.165. The number of halogens is 1. The molecule has 0 saturated carbocycles. The third-order valence-electron chi connectivity index (χ3n) is 4.46. The lowest BCUT2D eigenvalue weighted by Gasteiger charge is -2.34. The molecule has 0 spiro atoms. The minimum atomic E-state index is -0.443. The second kappa shape index (κ2) is 9.71. The highest BCUT2D eigenvalue weighted by molar-refractivity contribution is 7.18. The number of benzene rings is 1. The maximum atomic E-state index is 12.7. The van der Waals surface area contributed by atoms with Crippen molar-refractivity contribution >= 4 is 40.5 Å². The molecule has 2 atom stereocenters. The number of thiophene rings is 1. The van der Waals surface area contributed by atoms with E-state index in [4.69, 9.17) is 21.1 Å². The molecule has 0 radical (unpaired) electrons. The number of nitrogens with one attached hydrogen (secondary N) is 1. The highest BCUT2D eigenvalue weighted by Gasteiger charge is 2.25. The van der Waals surface area contributed by atoms with Gasteiger partial charge in [-0.05, 0) is 44.5 Å². The molecule has 1 fully saturated rings. The highest BCUT2D eigenvalue weighted by Crippen LogP contribution is 2.36. The molecule has 8 heteroatoms. The Labute approximate surface area is 179 Å². The zero-order valence-electron chi connectivity index (χ0n) is 16.7. The molecule has 0 aliphatic carbocycles. The van der Waals surface area contributed by atoms with E-state index in [-0.39, 0.29) is 31.3 Å². The van der Waals surface area contributed by atoms with Gasteiger partial charge in [0.05, 0.1) is 31.0 Å². The number of anilines is 1. The van der Waals surface area contributed by atoms with Crippen LogP contribution < -0.4 is 5.32 Å². The van der Waals surface area contributed by atoms with Crippen LogP contribution >= 0.6 is 22.9 Å². The van der Waals surface area contributed by atoms with Crippen LogP contribution in [0, 0.1) is 0 Å². The number of ether oxygens (including phenoxy) is 2. The number of carbonyl (C=O) groups is 2. The summed E-state index contributed by atoms with van der Waals surface area (Å²) in [5, 5.41) is 3.53. The van der Waals surface area contributed by atoms with Gasteiger partial charge in [-0.3, -0.25) is 9.69 Å². The Morgan fingerprint density at radius 3 is 2.52 bits per heavy atom. The first-order valence-electron chi connectivity index (χ1n) is 9.60. The monoisotopic (exact) mass is 436 g/mol. The molecule has 6 nitrogen and oxygen atoms in total. The summed E-state index contributed by atoms with van der Waals surface area (Å²) in [4.78, 5) is 28.4. The van der Waals surface area contributed by atoms with E-state index in [2.05, 4.69) is 10.2 Å². The molecule has 1 N–H and O–H groups in total. The topological polar surface area (TPSA) is 67.9 Å². The summed E-state index contributed by atoms with van der Waals surface area (Å²) < 4.78 is 10.9. The van der Waals surface area contributed by atoms with Crippen molar-refractivity contribution in [2.24, 2.45) is 0 Å². The Morgan fingerprint density at radius 2 is 1.90 bits per heavy atom. The molecule has 156 valence electrons. The van der Waals surface area contributed by atoms with Crippen molar-refractivity contribution in [3.8, 4) is 10.4 Å². The lowest BCUT2D eigenvalue weighted by Crippen LogP contribution is -2.48. The summed E-state index contributed by atoms with van der Waals surface area (Å²) in [6.45, 7) is 7.65. The van der Waals surface area contributed by atoms with Crippen LogP contribution in [0.5, 0.6) is 0 Å². The molecule has 1 aliphatic heterocycles. The fourth-order valence-electron chi connectivity index (χ4n) is 3.39. The third-order valence-corrected chi connectivity index (χ3v) is 5.87. The maximum Gasteiger partial charge on any atom is 0.350 e. The lowest BCUT2D eigenvalue weighted by molar-refractivity contribution is -0.121. The lowest BCUT2D eigenvalue weighted by atomic mass is 10.2. The molecule has 2 heterocycles. The standard InChI is InChI=1S/C21H25ClN2O4S/c1-4-27-21(26)20-17(9-18(29-20)15-5-7-16(22)8-6-15)23-19(25)12-24-10-13(2)28-14(3)11-24/h5-9,13-14H,4,10-12H2,1-3H3,(H,23,25). The molecule has 29 heavy (non-hydrogen) atoms. The number of rotatable bonds is 6. The van der Waals surface area contributed by atoms with Crippen molar-refractivity contribution in [2.75, 3.05) is 31.6 Å². The molecular weight excluding hydrogens is 412 g/mol. The molecule has 3 rings (SSSR count). The number of carbonyl (C=O) groups excluding carboxylic acids is 2. The van der Waals surface area contributed by atoms with Gasteiger partial charge in [0.2, 0.25) is 5.91 Å². The van der Waals surface area contributed by atoms with Gasteiger partial charge >= 0.3 is 5.97 Å². The SMILES string of the molecule is CCOC(=O)c1sc(-c2ccc(Cl)cc2)cc1NC(=O)CN1CC(C)OC(C)C1. The number of amides is 1. The molecule has 2 unspecified atom stereocenters. The fraction of sp³-hybridized carbons (Fsp3) is 0.429. The van der Waals surface area contributed by atoms with Gasteiger partial charge in [-0.1, -0.05) is 23.7 Å². The van der Waals surface area contributed by atoms with Gasteiger partial charge in [0, 0.05) is 23.0 Å². The summed E-state index contributed by atoms with van der Waals surface area (Å²) in [7, 11) is 0. The van der Waals surface area contributed by atoms with Gasteiger partial charge in [-0.2, -0.15) is 0 Å². The average molecular weight is 437 g/mol. The van der Waals surface area contributed by atoms with Gasteiger partial charge in [0.25, 0.3) is 0 Å². The number of morpholine rings is 1. The van der Waals surface area contributed by atoms with E-state index in [9.17, 15) is 9.59 Å². The van der Waals surface area contributed by atoms with Crippen LogP contribution in [0.1, 0.15) is 30.4 Å². The first kappa shape index (κ1) is 21.8. The van der Waals surface area contributed by atoms with Crippen molar-refractivity contribution in [1.29, 1.82) is 0 Å². The second-order valence-electron chi connectivity index (χ2n) is 7.08. The Balaban J connectivity index is 1.78. The van der Waals surface area contributed by atoms with Gasteiger partial charge in [0.15, 0.2) is 0 Å². The Kier molecular flexibility index (Phi) is 7.29. The summed E-state index contributed by atoms with van der Waals surface area (Å²) in [5.74, 6) is -0.612. The summed E-state index contributed by atoms with van der Waals surface area (Å²) in [6, 6.07) is 9.15. The van der Waals surface area contributed by atoms with Crippen LogP contribution in [0.25, 0.3) is 10.4 Å². The van der Waals surface area contributed by atoms with E-state index in [1.807, 2.05) is 32.0 Å². The van der Waals surface area contributed by atoms with Crippen LogP contribution in [0.2, 0.25) is 5.02 Å². The first-order chi connectivity index (χ1) is 13.9. The average Bonchev–Trinajstić information content (AvgIpc) is 3.05. The summed E-state index contributed by atoms with van der Waals surface area (Å²) >= 11 is 7.26. The minimum absolute atomic E-state index is 0.0827. The van der Waals surface area contributed by atoms with Gasteiger partial charge in [0.1, 0.15) is 4.88 Å². The zero-order valence-corrected chi connectivity index (χ0v) is 18.3. The van der Waals surface area contributed by atoms with Crippen molar-refractivity contribution in [1.82, 2.24) is 4.90 Å². The van der Waals surface area contributed by atoms with E-state index >= 15 is 0 Å². The van der Waals surface area contributed by atoms with E-state index in [1.165, 1.54) is 11.3 Å². The number of hydrogen-bond acceptors (Lipinski definition) is 6. The van der Waals surface area contributed by atoms with Crippen molar-refractivity contribution in [2.45, 2.75) is 33.0 Å². The van der Waals surface area contributed by atoms with Crippen LogP contribution in [0.4, 0.5) is 5.69 Å². The normalized spacial score (nSPS) is 19.7. The molecule has 1 saturated heterocycles. The quantitative estimate of drug-likeness (QED) is 0.684. The zero-order chi connectivity index (χ0) is 21.0. The first-order valence-corrected chi connectivity index (χ1v) is 10.8. The smallest absolute Gasteiger partial charge is 0.350 e. The maximum absolute atomic E-state index is 12.7. The van der Waals surface area contributed by atoms with Crippen molar-refractivity contribution in [3.05, 3.63) is 40.2 Å². The molecular formula is C21H25ClN2O4S. The number of esters is 1. The van der Waals surface area contributed by atoms with E-state index in [0.717, 1.165) is 10.4 Å². The van der Waals surface area contributed by atoms with Crippen LogP contribution in [-0.2, 0) is 14.3 Å². The van der Waals surface area contributed by atoms with Crippen LogP contribution in [0.15, 0.2) is 30.3 Å². The van der Waals surface area contributed by atoms with E-state index < -0.39 is 5.97 Å². The fourth-order valence-corrected chi connectivity index (χ4v) is 4.53. The molecule has 2 aromatic rings. The molecule has 1 aromatic heterocycles. The van der Waals surface area contributed by atoms with Gasteiger partial charge < -0.3 is 14.8 Å². The molecule has 1 aromatic carbocycles. The summed E-state index contributed by atoms with van der Waals surface area (Å²) in [5.41, 5.74) is 1.39. The largest absolute Gasteiger partial charge is 0.462 e. The Hall–Kier alpha value is -1.93. The molecule has 1 amide bonds. The van der Waals surface area contributed by atoms with Crippen LogP contribution in [0.3, 0.4) is 0 Å². The predicted molar refractivity (Wildman–Crippen MR) is 116 cm³/mol. The molecule has 1 aliphatic rings. The van der Waals surface area contributed by atoms with Gasteiger partial charge in [-0.15, -0.1) is 11.3 Å². The Morgan fingerprint density at radius 1 is 1.24 bits per heavy atom.